The van der Waals surface area contributed by atoms with Crippen molar-refractivity contribution >= 4 is 38.7 Å². The normalized spacial score (nSPS) is 18.7. The number of anilines is 3. The highest BCUT2D eigenvalue weighted by Gasteiger charge is 2.35. The van der Waals surface area contributed by atoms with Crippen LogP contribution in [-0.4, -0.2) is 69.4 Å². The van der Waals surface area contributed by atoms with Gasteiger partial charge in [0.15, 0.2) is 5.82 Å². The smallest absolute Gasteiger partial charge is 0.281 e. The summed E-state index contributed by atoms with van der Waals surface area (Å²) < 4.78 is 28.3. The number of nitrogens with zero attached hydrogens (tertiary/aromatic N) is 5. The lowest BCUT2D eigenvalue weighted by molar-refractivity contribution is 0.253. The average Bonchev–Trinajstić information content (AvgIpc) is 3.11. The Morgan fingerprint density at radius 2 is 1.81 bits per heavy atom. The summed E-state index contributed by atoms with van der Waals surface area (Å²) in [5.74, 6) is 1.90. The van der Waals surface area contributed by atoms with Crippen LogP contribution >= 0.6 is 0 Å². The SMILES string of the molecule is Cc1cc(Nc2nc(NC3CCN(S(=O)(=O)N4CCC4)CC3)nc3ccccc23)n[nH]1. The highest BCUT2D eigenvalue weighted by molar-refractivity contribution is 7.86. The van der Waals surface area contributed by atoms with Crippen LogP contribution in [0.4, 0.5) is 17.6 Å². The van der Waals surface area contributed by atoms with E-state index in [0.29, 0.717) is 56.6 Å². The summed E-state index contributed by atoms with van der Waals surface area (Å²) in [4.78, 5) is 9.36. The van der Waals surface area contributed by atoms with Gasteiger partial charge in [0.1, 0.15) is 5.82 Å². The van der Waals surface area contributed by atoms with Gasteiger partial charge in [-0.3, -0.25) is 5.10 Å². The molecule has 0 radical (unpaired) electrons. The summed E-state index contributed by atoms with van der Waals surface area (Å²) in [6.45, 7) is 4.22. The topological polar surface area (TPSA) is 119 Å². The molecule has 5 rings (SSSR count). The molecule has 0 unspecified atom stereocenters. The van der Waals surface area contributed by atoms with Crippen molar-refractivity contribution in [2.45, 2.75) is 32.2 Å². The summed E-state index contributed by atoms with van der Waals surface area (Å²) in [5.41, 5.74) is 1.78. The quantitative estimate of drug-likeness (QED) is 0.535. The molecule has 2 aliphatic rings. The second-order valence-corrected chi connectivity index (χ2v) is 9.98. The van der Waals surface area contributed by atoms with Gasteiger partial charge >= 0.3 is 0 Å². The highest BCUT2D eigenvalue weighted by Crippen LogP contribution is 2.26. The van der Waals surface area contributed by atoms with Crippen LogP contribution in [0.3, 0.4) is 0 Å². The van der Waals surface area contributed by atoms with Gasteiger partial charge < -0.3 is 10.6 Å². The van der Waals surface area contributed by atoms with E-state index in [-0.39, 0.29) is 6.04 Å². The molecule has 0 bridgehead atoms. The lowest BCUT2D eigenvalue weighted by Crippen LogP contribution is -2.53. The number of aromatic amines is 1. The molecular weight excluding hydrogens is 416 g/mol. The van der Waals surface area contributed by atoms with E-state index in [1.807, 2.05) is 37.3 Å². The van der Waals surface area contributed by atoms with Crippen LogP contribution in [-0.2, 0) is 10.2 Å². The summed E-state index contributed by atoms with van der Waals surface area (Å²) in [5, 5.41) is 14.7. The van der Waals surface area contributed by atoms with Gasteiger partial charge in [0.25, 0.3) is 10.2 Å². The Morgan fingerprint density at radius 3 is 2.48 bits per heavy atom. The number of aromatic nitrogens is 4. The zero-order valence-electron chi connectivity index (χ0n) is 17.4. The molecule has 11 heteroatoms. The van der Waals surface area contributed by atoms with Crippen molar-refractivity contribution in [1.82, 2.24) is 28.8 Å². The van der Waals surface area contributed by atoms with Crippen molar-refractivity contribution in [3.8, 4) is 0 Å². The molecule has 0 amide bonds. The molecule has 0 atom stereocenters. The fourth-order valence-corrected chi connectivity index (χ4v) is 5.65. The minimum Gasteiger partial charge on any atom is -0.351 e. The largest absolute Gasteiger partial charge is 0.351 e. The molecule has 3 N–H and O–H groups in total. The predicted octanol–water partition coefficient (Wildman–Crippen LogP) is 2.23. The number of para-hydroxylation sites is 1. The number of hydrogen-bond acceptors (Lipinski definition) is 7. The monoisotopic (exact) mass is 442 g/mol. The average molecular weight is 443 g/mol. The maximum absolute atomic E-state index is 12.6. The van der Waals surface area contributed by atoms with E-state index in [4.69, 9.17) is 4.98 Å². The van der Waals surface area contributed by atoms with E-state index in [0.717, 1.165) is 23.0 Å². The summed E-state index contributed by atoms with van der Waals surface area (Å²) in [6.07, 6.45) is 2.37. The van der Waals surface area contributed by atoms with Gasteiger partial charge in [0.05, 0.1) is 5.52 Å². The van der Waals surface area contributed by atoms with Crippen LogP contribution in [0.5, 0.6) is 0 Å². The molecule has 164 valence electrons. The maximum Gasteiger partial charge on any atom is 0.281 e. The van der Waals surface area contributed by atoms with Crippen LogP contribution in [0, 0.1) is 6.92 Å². The second-order valence-electron chi connectivity index (χ2n) is 8.05. The Kier molecular flexibility index (Phi) is 5.24. The van der Waals surface area contributed by atoms with Crippen molar-refractivity contribution in [2.24, 2.45) is 0 Å². The molecule has 2 fully saturated rings. The lowest BCUT2D eigenvalue weighted by Gasteiger charge is -2.38. The number of hydrogen-bond donors (Lipinski definition) is 3. The Morgan fingerprint density at radius 1 is 1.06 bits per heavy atom. The third-order valence-corrected chi connectivity index (χ3v) is 7.85. The van der Waals surface area contributed by atoms with Gasteiger partial charge in [-0.25, -0.2) is 4.98 Å². The summed E-state index contributed by atoms with van der Waals surface area (Å²) in [6, 6.07) is 9.85. The first kappa shape index (κ1) is 20.2. The van der Waals surface area contributed by atoms with E-state index >= 15 is 0 Å². The number of H-pyrrole nitrogens is 1. The number of benzene rings is 1. The van der Waals surface area contributed by atoms with Crippen LogP contribution in [0.25, 0.3) is 10.9 Å². The maximum atomic E-state index is 12.6. The van der Waals surface area contributed by atoms with E-state index in [9.17, 15) is 8.42 Å². The minimum atomic E-state index is -3.30. The molecule has 2 aromatic heterocycles. The molecule has 31 heavy (non-hydrogen) atoms. The number of fused-ring (bicyclic) bond motifs is 1. The fourth-order valence-electron chi connectivity index (χ4n) is 3.93. The van der Waals surface area contributed by atoms with Crippen LogP contribution < -0.4 is 10.6 Å². The zero-order chi connectivity index (χ0) is 21.4. The number of nitrogens with one attached hydrogen (secondary N) is 3. The fraction of sp³-hybridized carbons (Fsp3) is 0.450. The van der Waals surface area contributed by atoms with Crippen LogP contribution in [0.2, 0.25) is 0 Å². The molecule has 2 aliphatic heterocycles. The zero-order valence-corrected chi connectivity index (χ0v) is 18.2. The van der Waals surface area contributed by atoms with Crippen molar-refractivity contribution in [1.29, 1.82) is 0 Å². The third-order valence-electron chi connectivity index (χ3n) is 5.81. The van der Waals surface area contributed by atoms with E-state index in [2.05, 4.69) is 25.8 Å². The predicted molar refractivity (Wildman–Crippen MR) is 119 cm³/mol. The first-order valence-electron chi connectivity index (χ1n) is 10.6. The van der Waals surface area contributed by atoms with Crippen molar-refractivity contribution in [3.63, 3.8) is 0 Å². The lowest BCUT2D eigenvalue weighted by atomic mass is 10.1. The van der Waals surface area contributed by atoms with E-state index in [1.54, 1.807) is 8.61 Å². The summed E-state index contributed by atoms with van der Waals surface area (Å²) >= 11 is 0. The standard InChI is InChI=1S/C20H26N8O2S/c1-14-13-18(26-25-14)23-19-16-5-2-3-6-17(16)22-20(24-19)21-15-7-11-28(12-8-15)31(29,30)27-9-4-10-27/h2-3,5-6,13,15H,4,7-12H2,1H3,(H3,21,22,23,24,25,26). The molecular formula is C20H26N8O2S. The van der Waals surface area contributed by atoms with E-state index in [1.165, 1.54) is 0 Å². The van der Waals surface area contributed by atoms with Gasteiger partial charge in [-0.05, 0) is 38.3 Å². The number of piperidine rings is 1. The third kappa shape index (κ3) is 4.08. The number of aryl methyl sites for hydroxylation is 1. The van der Waals surface area contributed by atoms with Gasteiger partial charge in [-0.15, -0.1) is 0 Å². The van der Waals surface area contributed by atoms with Crippen molar-refractivity contribution < 1.29 is 8.42 Å². The van der Waals surface area contributed by atoms with Crippen LogP contribution in [0.1, 0.15) is 25.0 Å². The Bertz CT molecular complexity index is 1180. The molecule has 10 nitrogen and oxygen atoms in total. The minimum absolute atomic E-state index is 0.115. The molecule has 0 spiro atoms. The van der Waals surface area contributed by atoms with E-state index < -0.39 is 10.2 Å². The number of rotatable bonds is 6. The Balaban J connectivity index is 1.31. The molecule has 1 aromatic carbocycles. The first-order valence-corrected chi connectivity index (χ1v) is 12.0. The van der Waals surface area contributed by atoms with Gasteiger partial charge in [0, 0.05) is 49.4 Å². The molecule has 0 saturated carbocycles. The van der Waals surface area contributed by atoms with Crippen LogP contribution in [0.15, 0.2) is 30.3 Å². The highest BCUT2D eigenvalue weighted by atomic mass is 32.2. The Labute approximate surface area is 181 Å². The van der Waals surface area contributed by atoms with Crippen molar-refractivity contribution in [3.05, 3.63) is 36.0 Å². The molecule has 0 aliphatic carbocycles. The van der Waals surface area contributed by atoms with Gasteiger partial charge in [-0.1, -0.05) is 12.1 Å². The molecule has 2 saturated heterocycles. The van der Waals surface area contributed by atoms with Gasteiger partial charge in [0.2, 0.25) is 5.95 Å². The molecule has 3 aromatic rings. The first-order chi connectivity index (χ1) is 15.0. The second kappa shape index (κ2) is 8.06. The Hall–Kier alpha value is -2.76. The van der Waals surface area contributed by atoms with Gasteiger partial charge in [-0.2, -0.15) is 27.1 Å². The molecule has 4 heterocycles. The summed E-state index contributed by atoms with van der Waals surface area (Å²) in [7, 11) is -3.30. The van der Waals surface area contributed by atoms with Crippen molar-refractivity contribution in [2.75, 3.05) is 36.8 Å².